The Balaban J connectivity index is 1.36. The van der Waals surface area contributed by atoms with Gasteiger partial charge in [0.2, 0.25) is 0 Å². The summed E-state index contributed by atoms with van der Waals surface area (Å²) in [5.74, 6) is -0.0695. The molecule has 3 aromatic rings. The number of carbonyl (C=O) groups excluding carboxylic acids is 1. The number of rotatable bonds is 5. The monoisotopic (exact) mass is 493 g/mol. The van der Waals surface area contributed by atoms with Crippen molar-refractivity contribution in [3.8, 4) is 5.75 Å². The molecular formula is C26H27N3O5S. The maximum Gasteiger partial charge on any atom is 0.267 e. The molecule has 1 N–H and O–H groups in total. The number of para-hydroxylation sites is 2. The topological polar surface area (TPSA) is 88.2 Å². The van der Waals surface area contributed by atoms with Gasteiger partial charge < -0.3 is 19.7 Å². The third kappa shape index (κ3) is 4.82. The molecule has 0 aromatic heterocycles. The maximum absolute atomic E-state index is 13.5. The van der Waals surface area contributed by atoms with Crippen LogP contribution in [0.4, 0.5) is 17.1 Å². The Hall–Kier alpha value is -3.56. The van der Waals surface area contributed by atoms with Gasteiger partial charge in [0.05, 0.1) is 30.3 Å². The van der Waals surface area contributed by atoms with Gasteiger partial charge in [-0.2, -0.15) is 0 Å². The van der Waals surface area contributed by atoms with Crippen molar-refractivity contribution in [3.05, 3.63) is 78.4 Å². The Labute approximate surface area is 205 Å². The Morgan fingerprint density at radius 2 is 1.63 bits per heavy atom. The molecule has 1 amide bonds. The van der Waals surface area contributed by atoms with E-state index in [4.69, 9.17) is 9.47 Å². The van der Waals surface area contributed by atoms with Crippen LogP contribution in [0.3, 0.4) is 0 Å². The Morgan fingerprint density at radius 1 is 0.943 bits per heavy atom. The lowest BCUT2D eigenvalue weighted by Gasteiger charge is -2.34. The molecule has 1 fully saturated rings. The second-order valence-electron chi connectivity index (χ2n) is 8.56. The number of benzene rings is 3. The number of nitrogens with one attached hydrogen (secondary N) is 1. The van der Waals surface area contributed by atoms with E-state index in [1.54, 1.807) is 48.5 Å². The van der Waals surface area contributed by atoms with E-state index < -0.39 is 22.0 Å². The van der Waals surface area contributed by atoms with Gasteiger partial charge >= 0.3 is 0 Å². The van der Waals surface area contributed by atoms with E-state index in [2.05, 4.69) is 10.2 Å². The molecule has 3 aromatic carbocycles. The summed E-state index contributed by atoms with van der Waals surface area (Å²) in [6.45, 7) is 4.81. The first-order valence-corrected chi connectivity index (χ1v) is 12.9. The van der Waals surface area contributed by atoms with Crippen LogP contribution >= 0.6 is 0 Å². The van der Waals surface area contributed by atoms with Crippen molar-refractivity contribution in [1.82, 2.24) is 0 Å². The largest absolute Gasteiger partial charge is 0.476 e. The molecule has 0 spiro atoms. The molecule has 5 rings (SSSR count). The number of hydrogen-bond donors (Lipinski definition) is 1. The summed E-state index contributed by atoms with van der Waals surface area (Å²) in [6.07, 6.45) is -1.01. The fraction of sp³-hybridized carbons (Fsp3) is 0.269. The van der Waals surface area contributed by atoms with E-state index in [1.807, 2.05) is 31.2 Å². The smallest absolute Gasteiger partial charge is 0.267 e. The molecule has 2 aliphatic rings. The molecule has 0 aliphatic carbocycles. The highest BCUT2D eigenvalue weighted by molar-refractivity contribution is 7.92. The molecule has 2 heterocycles. The molecule has 0 radical (unpaired) electrons. The number of ether oxygens (including phenoxy) is 2. The van der Waals surface area contributed by atoms with Crippen LogP contribution in [-0.4, -0.2) is 53.3 Å². The summed E-state index contributed by atoms with van der Waals surface area (Å²) in [5.41, 5.74) is 3.04. The number of anilines is 3. The summed E-state index contributed by atoms with van der Waals surface area (Å²) in [6, 6.07) is 21.1. The van der Waals surface area contributed by atoms with Crippen molar-refractivity contribution in [3.63, 3.8) is 0 Å². The Bertz CT molecular complexity index is 1300. The first-order chi connectivity index (χ1) is 16.9. The van der Waals surface area contributed by atoms with Gasteiger partial charge in [-0.05, 0) is 55.5 Å². The number of hydrogen-bond acceptors (Lipinski definition) is 6. The van der Waals surface area contributed by atoms with E-state index in [9.17, 15) is 13.2 Å². The number of amides is 1. The standard InChI is InChI=1S/C26H27N3O5S/c1-19-6-12-22(13-7-19)35(31,32)29-18-25(34-24-5-3-2-4-23(24)29)26(30)27-20-8-10-21(11-9-20)28-14-16-33-17-15-28/h2-13,25H,14-18H2,1H3,(H,27,30). The van der Waals surface area contributed by atoms with Crippen LogP contribution in [0.1, 0.15) is 5.56 Å². The number of carbonyl (C=O) groups is 1. The molecule has 1 unspecified atom stereocenters. The summed E-state index contributed by atoms with van der Waals surface area (Å²) < 4.78 is 39.6. The molecule has 0 bridgehead atoms. The van der Waals surface area contributed by atoms with Gasteiger partial charge in [0, 0.05) is 24.5 Å². The summed E-state index contributed by atoms with van der Waals surface area (Å²) in [4.78, 5) is 15.5. The van der Waals surface area contributed by atoms with Crippen molar-refractivity contribution in [1.29, 1.82) is 0 Å². The van der Waals surface area contributed by atoms with E-state index in [1.165, 1.54) is 4.31 Å². The molecule has 1 saturated heterocycles. The van der Waals surface area contributed by atoms with Crippen molar-refractivity contribution in [2.45, 2.75) is 17.9 Å². The lowest BCUT2D eigenvalue weighted by molar-refractivity contribution is -0.122. The third-order valence-corrected chi connectivity index (χ3v) is 7.94. The minimum Gasteiger partial charge on any atom is -0.476 e. The summed E-state index contributed by atoms with van der Waals surface area (Å²) in [7, 11) is -3.89. The number of morpholine rings is 1. The van der Waals surface area contributed by atoms with Gasteiger partial charge in [-0.25, -0.2) is 8.42 Å². The molecule has 0 saturated carbocycles. The van der Waals surface area contributed by atoms with Gasteiger partial charge in [0.1, 0.15) is 5.75 Å². The van der Waals surface area contributed by atoms with Crippen molar-refractivity contribution >= 4 is 33.0 Å². The zero-order valence-electron chi connectivity index (χ0n) is 19.4. The van der Waals surface area contributed by atoms with Crippen molar-refractivity contribution < 1.29 is 22.7 Å². The molecule has 9 heteroatoms. The lowest BCUT2D eigenvalue weighted by Crippen LogP contribution is -2.48. The average Bonchev–Trinajstić information content (AvgIpc) is 2.89. The van der Waals surface area contributed by atoms with Gasteiger partial charge in [-0.15, -0.1) is 0 Å². The van der Waals surface area contributed by atoms with Crippen LogP contribution in [0.5, 0.6) is 5.75 Å². The number of aryl methyl sites for hydroxylation is 1. The van der Waals surface area contributed by atoms with E-state index in [0.717, 1.165) is 24.3 Å². The first kappa shape index (κ1) is 23.2. The molecular weight excluding hydrogens is 466 g/mol. The minimum absolute atomic E-state index is 0.134. The highest BCUT2D eigenvalue weighted by Crippen LogP contribution is 2.37. The lowest BCUT2D eigenvalue weighted by atomic mass is 10.2. The van der Waals surface area contributed by atoms with E-state index in [0.29, 0.717) is 30.3 Å². The number of nitrogens with zero attached hydrogens (tertiary/aromatic N) is 2. The van der Waals surface area contributed by atoms with Gasteiger partial charge in [-0.3, -0.25) is 9.10 Å². The number of fused-ring (bicyclic) bond motifs is 1. The second kappa shape index (κ2) is 9.59. The van der Waals surface area contributed by atoms with Crippen LogP contribution in [0.2, 0.25) is 0 Å². The minimum atomic E-state index is -3.89. The van der Waals surface area contributed by atoms with E-state index in [-0.39, 0.29) is 11.4 Å². The summed E-state index contributed by atoms with van der Waals surface area (Å²) in [5, 5.41) is 2.86. The zero-order chi connectivity index (χ0) is 24.4. The van der Waals surface area contributed by atoms with Crippen LogP contribution < -0.4 is 19.3 Å². The normalized spacial score (nSPS) is 17.9. The van der Waals surface area contributed by atoms with Gasteiger partial charge in [0.15, 0.2) is 6.10 Å². The highest BCUT2D eigenvalue weighted by atomic mass is 32.2. The molecule has 8 nitrogen and oxygen atoms in total. The molecule has 35 heavy (non-hydrogen) atoms. The predicted molar refractivity (Wildman–Crippen MR) is 135 cm³/mol. The fourth-order valence-corrected chi connectivity index (χ4v) is 5.68. The SMILES string of the molecule is Cc1ccc(S(=O)(=O)N2CC(C(=O)Nc3ccc(N4CCOCC4)cc3)Oc3ccccc32)cc1. The van der Waals surface area contributed by atoms with Crippen LogP contribution in [0.25, 0.3) is 0 Å². The molecule has 1 atom stereocenters. The third-order valence-electron chi connectivity index (χ3n) is 6.15. The average molecular weight is 494 g/mol. The molecule has 2 aliphatic heterocycles. The Kier molecular flexibility index (Phi) is 6.36. The van der Waals surface area contributed by atoms with Crippen molar-refractivity contribution in [2.24, 2.45) is 0 Å². The zero-order valence-corrected chi connectivity index (χ0v) is 20.2. The quantitative estimate of drug-likeness (QED) is 0.586. The van der Waals surface area contributed by atoms with Crippen molar-refractivity contribution in [2.75, 3.05) is 47.4 Å². The Morgan fingerprint density at radius 3 is 2.34 bits per heavy atom. The first-order valence-electron chi connectivity index (χ1n) is 11.5. The van der Waals surface area contributed by atoms with Crippen LogP contribution in [0, 0.1) is 6.92 Å². The predicted octanol–water partition coefficient (Wildman–Crippen LogP) is 3.43. The highest BCUT2D eigenvalue weighted by Gasteiger charge is 2.37. The van der Waals surface area contributed by atoms with E-state index >= 15 is 0 Å². The van der Waals surface area contributed by atoms with Gasteiger partial charge in [-0.1, -0.05) is 29.8 Å². The van der Waals surface area contributed by atoms with Crippen LogP contribution in [-0.2, 0) is 19.6 Å². The second-order valence-corrected chi connectivity index (χ2v) is 10.4. The number of sulfonamides is 1. The van der Waals surface area contributed by atoms with Crippen LogP contribution in [0.15, 0.2) is 77.7 Å². The molecule has 182 valence electrons. The summed E-state index contributed by atoms with van der Waals surface area (Å²) >= 11 is 0. The maximum atomic E-state index is 13.5. The fourth-order valence-electron chi connectivity index (χ4n) is 4.20. The van der Waals surface area contributed by atoms with Gasteiger partial charge in [0.25, 0.3) is 15.9 Å².